The van der Waals surface area contributed by atoms with Gasteiger partial charge in [-0.15, -0.1) is 0 Å². The second-order valence-corrected chi connectivity index (χ2v) is 18.9. The number of aryl methyl sites for hydroxylation is 1. The molecule has 0 radical (unpaired) electrons. The van der Waals surface area contributed by atoms with Gasteiger partial charge >= 0.3 is 49.4 Å². The zero-order chi connectivity index (χ0) is 57.7. The molecule has 0 unspecified atom stereocenters. The molecular formula is C51H29BF24S. The summed E-state index contributed by atoms with van der Waals surface area (Å²) in [6, 6.07) is 21.4. The summed E-state index contributed by atoms with van der Waals surface area (Å²) in [4.78, 5) is 4.14. The lowest BCUT2D eigenvalue weighted by molar-refractivity contribution is -0.144. The predicted octanol–water partition coefficient (Wildman–Crippen LogP) is 16.3. The first-order valence-electron chi connectivity index (χ1n) is 21.4. The van der Waals surface area contributed by atoms with Crippen LogP contribution < -0.4 is 21.9 Å². The highest BCUT2D eigenvalue weighted by Crippen LogP contribution is 2.42. The Morgan fingerprint density at radius 1 is 0.260 bits per heavy atom. The van der Waals surface area contributed by atoms with Crippen molar-refractivity contribution >= 4 is 38.9 Å². The summed E-state index contributed by atoms with van der Waals surface area (Å²) in [6.45, 7) is 2.20. The lowest BCUT2D eigenvalue weighted by atomic mass is 9.12. The molecule has 0 nitrogen and oxygen atoms in total. The van der Waals surface area contributed by atoms with Crippen LogP contribution in [0.3, 0.4) is 0 Å². The van der Waals surface area contributed by atoms with Crippen LogP contribution in [0.4, 0.5) is 105 Å². The van der Waals surface area contributed by atoms with Crippen LogP contribution in [0.25, 0.3) is 0 Å². The fraction of sp³-hybridized carbons (Fsp3) is 0.176. The molecule has 77 heavy (non-hydrogen) atoms. The lowest BCUT2D eigenvalue weighted by Crippen LogP contribution is -2.75. The first-order valence-corrected chi connectivity index (χ1v) is 22.6. The number of hydrogen-bond acceptors (Lipinski definition) is 0. The van der Waals surface area contributed by atoms with E-state index in [0.29, 0.717) is 0 Å². The summed E-state index contributed by atoms with van der Waals surface area (Å²) >= 11 is 0. The van der Waals surface area contributed by atoms with Crippen molar-refractivity contribution in [1.29, 1.82) is 0 Å². The summed E-state index contributed by atoms with van der Waals surface area (Å²) in [5.41, 5.74) is -28.9. The molecule has 0 aliphatic heterocycles. The van der Waals surface area contributed by atoms with Gasteiger partial charge in [-0.05, 0) is 61.5 Å². The molecule has 0 aliphatic rings. The SMILES string of the molecule is Cc1ccccc1[S+](c1ccccc1)c1ccccc1.FC(F)(F)c1cc([B-](c2cc(C(F)(F)F)cc(C(F)(F)F)c2)(c2cc(C(F)(F)F)cc(C(F)(F)F)c2)c2cc(C(F)(F)F)cc(C(F)(F)F)c2)cc(C(F)(F)F)c1. The monoisotopic (exact) mass is 1140 g/mol. The van der Waals surface area contributed by atoms with E-state index in [0.717, 1.165) is 0 Å². The first-order chi connectivity index (χ1) is 35.1. The van der Waals surface area contributed by atoms with Crippen LogP contribution in [-0.4, -0.2) is 6.15 Å². The number of hydrogen-bond donors (Lipinski definition) is 0. The zero-order valence-electron chi connectivity index (χ0n) is 38.1. The van der Waals surface area contributed by atoms with Crippen LogP contribution >= 0.6 is 0 Å². The van der Waals surface area contributed by atoms with E-state index in [-0.39, 0.29) is 10.9 Å². The molecule has 7 aromatic carbocycles. The molecule has 0 spiro atoms. The third-order valence-electron chi connectivity index (χ3n) is 11.7. The Kier molecular flexibility index (Phi) is 16.2. The standard InChI is InChI=1S/C32H12BF24.C19H17S/c34-25(35,36)13-1-14(26(37,38)39)6-21(5-13)33(22-7-15(27(40,41)42)2-16(8-22)28(43,44)45,23-9-17(29(46,47)48)3-18(10-23)30(49,50)51)24-11-19(31(52,53)54)4-20(12-24)32(55,56)57;1-16-10-8-9-15-19(16)20(17-11-4-2-5-12-17)18-13-6-3-7-14-18/h1-12H;2-15H,1H3/q-1;+1. The highest BCUT2D eigenvalue weighted by Gasteiger charge is 2.47. The number of halogens is 24. The van der Waals surface area contributed by atoms with Gasteiger partial charge in [0.1, 0.15) is 6.15 Å². The van der Waals surface area contributed by atoms with Crippen LogP contribution in [0, 0.1) is 6.92 Å². The molecule has 0 bridgehead atoms. The van der Waals surface area contributed by atoms with Crippen molar-refractivity contribution in [2.45, 2.75) is 71.0 Å². The average molecular weight is 1140 g/mol. The van der Waals surface area contributed by atoms with Gasteiger partial charge in [0, 0.05) is 5.56 Å². The maximum Gasteiger partial charge on any atom is 0.416 e. The smallest absolute Gasteiger partial charge is 0.194 e. The minimum Gasteiger partial charge on any atom is -0.194 e. The molecule has 0 heterocycles. The summed E-state index contributed by atoms with van der Waals surface area (Å²) in [7, 11) is -0.0262. The number of benzene rings is 7. The fourth-order valence-corrected chi connectivity index (χ4v) is 10.6. The quantitative estimate of drug-likeness (QED) is 0.0848. The predicted molar refractivity (Wildman–Crippen MR) is 236 cm³/mol. The van der Waals surface area contributed by atoms with Gasteiger partial charge in [-0.3, -0.25) is 0 Å². The maximum absolute atomic E-state index is 14.2. The Morgan fingerprint density at radius 2 is 0.455 bits per heavy atom. The topological polar surface area (TPSA) is 0 Å². The largest absolute Gasteiger partial charge is 0.416 e. The Morgan fingerprint density at radius 3 is 0.649 bits per heavy atom. The van der Waals surface area contributed by atoms with Crippen LogP contribution in [0.15, 0.2) is 172 Å². The summed E-state index contributed by atoms with van der Waals surface area (Å²) < 4.78 is 341. The molecule has 26 heteroatoms. The highest BCUT2D eigenvalue weighted by atomic mass is 32.2. The van der Waals surface area contributed by atoms with Crippen molar-refractivity contribution in [2.75, 3.05) is 0 Å². The highest BCUT2D eigenvalue weighted by molar-refractivity contribution is 7.97. The fourth-order valence-electron chi connectivity index (χ4n) is 8.36. The Labute approximate surface area is 422 Å². The Hall–Kier alpha value is -6.73. The van der Waals surface area contributed by atoms with Crippen molar-refractivity contribution in [3.63, 3.8) is 0 Å². The maximum atomic E-state index is 14.2. The van der Waals surface area contributed by atoms with Crippen molar-refractivity contribution in [3.8, 4) is 0 Å². The van der Waals surface area contributed by atoms with Gasteiger partial charge in [0.2, 0.25) is 0 Å². The lowest BCUT2D eigenvalue weighted by Gasteiger charge is -2.46. The van der Waals surface area contributed by atoms with Crippen LogP contribution in [0.5, 0.6) is 0 Å². The molecule has 410 valence electrons. The molecule has 0 aliphatic carbocycles. The molecule has 7 rings (SSSR count). The molecule has 0 saturated heterocycles. The molecule has 0 aromatic heterocycles. The van der Waals surface area contributed by atoms with Gasteiger partial charge in [-0.2, -0.15) is 127 Å². The molecule has 0 saturated carbocycles. The normalized spacial score (nSPS) is 13.4. The van der Waals surface area contributed by atoms with E-state index in [4.69, 9.17) is 0 Å². The van der Waals surface area contributed by atoms with E-state index in [1.54, 1.807) is 0 Å². The van der Waals surface area contributed by atoms with Gasteiger partial charge in [0.15, 0.2) is 14.7 Å². The van der Waals surface area contributed by atoms with Crippen molar-refractivity contribution in [1.82, 2.24) is 0 Å². The molecular weight excluding hydrogens is 1110 g/mol. The van der Waals surface area contributed by atoms with Crippen molar-refractivity contribution in [3.05, 3.63) is 208 Å². The van der Waals surface area contributed by atoms with E-state index >= 15 is 0 Å². The second kappa shape index (κ2) is 20.9. The van der Waals surface area contributed by atoms with Crippen LogP contribution in [0.1, 0.15) is 50.1 Å². The van der Waals surface area contributed by atoms with Gasteiger partial charge in [-0.1, -0.05) is 103 Å². The molecule has 0 atom stereocenters. The van der Waals surface area contributed by atoms with Gasteiger partial charge < -0.3 is 0 Å². The molecule has 0 amide bonds. The average Bonchev–Trinajstić information content (AvgIpc) is 3.31. The van der Waals surface area contributed by atoms with Gasteiger partial charge in [-0.25, -0.2) is 0 Å². The summed E-state index contributed by atoms with van der Waals surface area (Å²) in [5, 5.41) is 0. The molecule has 0 fully saturated rings. The van der Waals surface area contributed by atoms with E-state index in [1.807, 2.05) is 0 Å². The van der Waals surface area contributed by atoms with Crippen molar-refractivity contribution in [2.24, 2.45) is 0 Å². The minimum atomic E-state index is -6.13. The van der Waals surface area contributed by atoms with E-state index in [2.05, 4.69) is 91.9 Å². The zero-order valence-corrected chi connectivity index (χ0v) is 38.9. The number of rotatable bonds is 7. The molecule has 0 N–H and O–H groups in total. The van der Waals surface area contributed by atoms with E-state index < -0.39 is 195 Å². The van der Waals surface area contributed by atoms with Crippen LogP contribution in [-0.2, 0) is 60.3 Å². The third-order valence-corrected chi connectivity index (χ3v) is 14.1. The van der Waals surface area contributed by atoms with Crippen molar-refractivity contribution < 1.29 is 105 Å². The van der Waals surface area contributed by atoms with Gasteiger partial charge in [0.25, 0.3) is 0 Å². The second-order valence-electron chi connectivity index (χ2n) is 16.9. The minimum absolute atomic E-state index is 0.0262. The van der Waals surface area contributed by atoms with E-state index in [9.17, 15) is 105 Å². The van der Waals surface area contributed by atoms with Gasteiger partial charge in [0.05, 0.1) is 55.4 Å². The van der Waals surface area contributed by atoms with Crippen LogP contribution in [0.2, 0.25) is 0 Å². The Bertz CT molecular complexity index is 2720. The first kappa shape index (κ1) is 59.5. The molecule has 7 aromatic rings. The summed E-state index contributed by atoms with van der Waals surface area (Å²) in [6.07, 6.45) is -54.8. The van der Waals surface area contributed by atoms with E-state index in [1.165, 1.54) is 20.2 Å². The Balaban J connectivity index is 0.000000397. The number of alkyl halides is 24. The third kappa shape index (κ3) is 13.5. The summed E-state index contributed by atoms with van der Waals surface area (Å²) in [5.74, 6) is 0.